The third-order valence-corrected chi connectivity index (χ3v) is 1.48. The summed E-state index contributed by atoms with van der Waals surface area (Å²) in [5, 5.41) is 0. The molecule has 0 amide bonds. The van der Waals surface area contributed by atoms with Crippen molar-refractivity contribution in [3.8, 4) is 12.3 Å². The lowest BCUT2D eigenvalue weighted by Gasteiger charge is -1.98. The predicted octanol–water partition coefficient (Wildman–Crippen LogP) is 1.86. The lowest BCUT2D eigenvalue weighted by atomic mass is 10.2. The molecule has 0 aromatic carbocycles. The molecule has 0 aliphatic rings. The number of ether oxygens (including phenoxy) is 1. The Hall–Kier alpha value is -1.95. The summed E-state index contributed by atoms with van der Waals surface area (Å²) in [5.74, 6) is 2.28. The SMILES string of the molecule is C#C/C(=C\c1ccco1)C(=O)OCC. The monoisotopic (exact) mass is 190 g/mol. The van der Waals surface area contributed by atoms with Crippen LogP contribution in [0.4, 0.5) is 0 Å². The molecular formula is C11H10O3. The fraction of sp³-hybridized carbons (Fsp3) is 0.182. The molecule has 0 fully saturated rings. The van der Waals surface area contributed by atoms with Crippen LogP contribution in [-0.4, -0.2) is 12.6 Å². The zero-order valence-electron chi connectivity index (χ0n) is 7.82. The molecule has 0 N–H and O–H groups in total. The van der Waals surface area contributed by atoms with E-state index in [1.807, 2.05) is 0 Å². The molecule has 0 saturated carbocycles. The second kappa shape index (κ2) is 4.93. The Morgan fingerprint density at radius 1 is 1.79 bits per heavy atom. The van der Waals surface area contributed by atoms with Crippen LogP contribution in [0.5, 0.6) is 0 Å². The largest absolute Gasteiger partial charge is 0.465 e. The Morgan fingerprint density at radius 2 is 2.57 bits per heavy atom. The van der Waals surface area contributed by atoms with Gasteiger partial charge < -0.3 is 9.15 Å². The first kappa shape index (κ1) is 10.1. The van der Waals surface area contributed by atoms with Crippen LogP contribution in [0.3, 0.4) is 0 Å². The van der Waals surface area contributed by atoms with E-state index in [1.54, 1.807) is 19.1 Å². The summed E-state index contributed by atoms with van der Waals surface area (Å²) in [7, 11) is 0. The normalized spacial score (nSPS) is 10.7. The molecule has 0 atom stereocenters. The summed E-state index contributed by atoms with van der Waals surface area (Å²) >= 11 is 0. The van der Waals surface area contributed by atoms with Gasteiger partial charge in [0.15, 0.2) is 0 Å². The molecule has 1 rings (SSSR count). The maximum atomic E-state index is 11.2. The van der Waals surface area contributed by atoms with Gasteiger partial charge in [0.2, 0.25) is 0 Å². The Balaban J connectivity index is 2.83. The van der Waals surface area contributed by atoms with E-state index >= 15 is 0 Å². The summed E-state index contributed by atoms with van der Waals surface area (Å²) < 4.78 is 9.77. The van der Waals surface area contributed by atoms with E-state index in [0.29, 0.717) is 12.4 Å². The minimum absolute atomic E-state index is 0.154. The van der Waals surface area contributed by atoms with Gasteiger partial charge in [-0.3, -0.25) is 0 Å². The number of hydrogen-bond acceptors (Lipinski definition) is 3. The summed E-state index contributed by atoms with van der Waals surface area (Å²) in [6.45, 7) is 2.02. The molecule has 14 heavy (non-hydrogen) atoms. The molecule has 1 heterocycles. The number of furan rings is 1. The van der Waals surface area contributed by atoms with Crippen LogP contribution in [0.2, 0.25) is 0 Å². The van der Waals surface area contributed by atoms with Crippen molar-refractivity contribution in [2.24, 2.45) is 0 Å². The first-order valence-corrected chi connectivity index (χ1v) is 4.17. The number of rotatable bonds is 3. The van der Waals surface area contributed by atoms with Crippen molar-refractivity contribution in [2.75, 3.05) is 6.61 Å². The van der Waals surface area contributed by atoms with Gasteiger partial charge in [0.05, 0.1) is 12.9 Å². The molecule has 3 nitrogen and oxygen atoms in total. The maximum Gasteiger partial charge on any atom is 0.346 e. The standard InChI is InChI=1S/C11H10O3/c1-3-9(11(12)13-4-2)8-10-6-5-7-14-10/h1,5-8H,4H2,2H3/b9-8+. The highest BCUT2D eigenvalue weighted by atomic mass is 16.5. The summed E-state index contributed by atoms with van der Waals surface area (Å²) in [6.07, 6.45) is 8.14. The number of hydrogen-bond donors (Lipinski definition) is 0. The second-order valence-corrected chi connectivity index (χ2v) is 2.44. The van der Waals surface area contributed by atoms with E-state index in [9.17, 15) is 4.79 Å². The van der Waals surface area contributed by atoms with Crippen LogP contribution in [-0.2, 0) is 9.53 Å². The summed E-state index contributed by atoms with van der Waals surface area (Å²) in [4.78, 5) is 11.2. The van der Waals surface area contributed by atoms with Gasteiger partial charge >= 0.3 is 5.97 Å². The van der Waals surface area contributed by atoms with Gasteiger partial charge in [-0.25, -0.2) is 4.79 Å². The van der Waals surface area contributed by atoms with E-state index in [1.165, 1.54) is 12.3 Å². The van der Waals surface area contributed by atoms with E-state index in [4.69, 9.17) is 15.6 Å². The van der Waals surface area contributed by atoms with Crippen molar-refractivity contribution in [3.05, 3.63) is 29.7 Å². The Morgan fingerprint density at radius 3 is 3.07 bits per heavy atom. The highest BCUT2D eigenvalue weighted by Gasteiger charge is 2.07. The lowest BCUT2D eigenvalue weighted by Crippen LogP contribution is -2.05. The molecule has 72 valence electrons. The van der Waals surface area contributed by atoms with Crippen LogP contribution in [0, 0.1) is 12.3 Å². The van der Waals surface area contributed by atoms with E-state index in [2.05, 4.69) is 5.92 Å². The maximum absolute atomic E-state index is 11.2. The van der Waals surface area contributed by atoms with Crippen molar-refractivity contribution in [1.29, 1.82) is 0 Å². The van der Waals surface area contributed by atoms with Crippen molar-refractivity contribution in [2.45, 2.75) is 6.92 Å². The number of carbonyl (C=O) groups is 1. The Labute approximate surface area is 82.4 Å². The van der Waals surface area contributed by atoms with Crippen LogP contribution < -0.4 is 0 Å². The van der Waals surface area contributed by atoms with Gasteiger partial charge in [-0.1, -0.05) is 5.92 Å². The fourth-order valence-corrected chi connectivity index (χ4v) is 0.884. The fourth-order valence-electron chi connectivity index (χ4n) is 0.884. The number of terminal acetylenes is 1. The average Bonchev–Trinajstić information content (AvgIpc) is 2.66. The topological polar surface area (TPSA) is 39.4 Å². The highest BCUT2D eigenvalue weighted by molar-refractivity contribution is 5.97. The number of esters is 1. The van der Waals surface area contributed by atoms with E-state index in [0.717, 1.165) is 0 Å². The Bertz CT molecular complexity index is 366. The molecule has 0 unspecified atom stereocenters. The smallest absolute Gasteiger partial charge is 0.346 e. The molecule has 0 saturated heterocycles. The molecule has 0 spiro atoms. The Kier molecular flexibility index (Phi) is 3.57. The third kappa shape index (κ3) is 2.53. The van der Waals surface area contributed by atoms with Gasteiger partial charge in [0.25, 0.3) is 0 Å². The van der Waals surface area contributed by atoms with Crippen LogP contribution in [0.1, 0.15) is 12.7 Å². The summed E-state index contributed by atoms with van der Waals surface area (Å²) in [5.41, 5.74) is 0.154. The molecule has 0 aliphatic carbocycles. The third-order valence-electron chi connectivity index (χ3n) is 1.48. The van der Waals surface area contributed by atoms with Gasteiger partial charge in [-0.2, -0.15) is 0 Å². The van der Waals surface area contributed by atoms with E-state index in [-0.39, 0.29) is 5.57 Å². The first-order chi connectivity index (χ1) is 6.77. The van der Waals surface area contributed by atoms with Gasteiger partial charge in [-0.15, -0.1) is 6.42 Å². The van der Waals surface area contributed by atoms with Gasteiger partial charge in [0.1, 0.15) is 11.3 Å². The minimum Gasteiger partial charge on any atom is -0.465 e. The zero-order chi connectivity index (χ0) is 10.4. The molecule has 1 aromatic rings. The van der Waals surface area contributed by atoms with Gasteiger partial charge in [0, 0.05) is 6.08 Å². The lowest BCUT2D eigenvalue weighted by molar-refractivity contribution is -0.137. The van der Waals surface area contributed by atoms with Crippen LogP contribution in [0.25, 0.3) is 6.08 Å². The van der Waals surface area contributed by atoms with Crippen molar-refractivity contribution in [1.82, 2.24) is 0 Å². The second-order valence-electron chi connectivity index (χ2n) is 2.44. The summed E-state index contributed by atoms with van der Waals surface area (Å²) in [6, 6.07) is 3.42. The minimum atomic E-state index is -0.508. The highest BCUT2D eigenvalue weighted by Crippen LogP contribution is 2.08. The molecule has 1 aromatic heterocycles. The average molecular weight is 190 g/mol. The molecule has 0 bridgehead atoms. The molecule has 0 radical (unpaired) electrons. The molecular weight excluding hydrogens is 180 g/mol. The quantitative estimate of drug-likeness (QED) is 0.415. The van der Waals surface area contributed by atoms with Crippen molar-refractivity contribution < 1.29 is 13.9 Å². The predicted molar refractivity (Wildman–Crippen MR) is 52.2 cm³/mol. The zero-order valence-corrected chi connectivity index (χ0v) is 7.82. The van der Waals surface area contributed by atoms with Gasteiger partial charge in [-0.05, 0) is 19.1 Å². The van der Waals surface area contributed by atoms with Crippen molar-refractivity contribution in [3.63, 3.8) is 0 Å². The van der Waals surface area contributed by atoms with E-state index < -0.39 is 5.97 Å². The first-order valence-electron chi connectivity index (χ1n) is 4.17. The van der Waals surface area contributed by atoms with Crippen LogP contribution >= 0.6 is 0 Å². The molecule has 3 heteroatoms. The number of carbonyl (C=O) groups excluding carboxylic acids is 1. The molecule has 0 aliphatic heterocycles. The van der Waals surface area contributed by atoms with Crippen LogP contribution in [0.15, 0.2) is 28.4 Å². The van der Waals surface area contributed by atoms with Crippen molar-refractivity contribution >= 4 is 12.0 Å².